The molecule has 14 heteroatoms. The molecule has 2 aromatic carbocycles. The van der Waals surface area contributed by atoms with Crippen molar-refractivity contribution < 1.29 is 22.4 Å². The van der Waals surface area contributed by atoms with E-state index in [1.807, 2.05) is 0 Å². The standard InChI is InChI=1S/C27H25F4N9O/c1-33-23-21(14-39-11-9-38(2)10-12-39)40-24(25(32)34-15-35-40)22(23)16-3-6-18(7-4-16)36-26(41)37-20-13-17(27(29,30)31)5-8-19(20)28/h3-8,13,15H,9-12,14H2,2H3,(H2,32,34,35)(H2,36,37,41). The molecule has 0 radical (unpaired) electrons. The van der Waals surface area contributed by atoms with Crippen LogP contribution in [0.15, 0.2) is 48.8 Å². The summed E-state index contributed by atoms with van der Waals surface area (Å²) in [4.78, 5) is 24.9. The average molecular weight is 568 g/mol. The van der Waals surface area contributed by atoms with Crippen molar-refractivity contribution >= 4 is 34.4 Å². The topological polar surface area (TPSA) is 108 Å². The number of urea groups is 1. The van der Waals surface area contributed by atoms with Gasteiger partial charge in [-0.3, -0.25) is 4.90 Å². The molecule has 1 saturated heterocycles. The molecule has 41 heavy (non-hydrogen) atoms. The first kappa shape index (κ1) is 27.8. The third-order valence-electron chi connectivity index (χ3n) is 6.88. The summed E-state index contributed by atoms with van der Waals surface area (Å²) in [6, 6.07) is 7.25. The number of benzene rings is 2. The first-order chi connectivity index (χ1) is 19.5. The van der Waals surface area contributed by atoms with Gasteiger partial charge in [0.25, 0.3) is 0 Å². The van der Waals surface area contributed by atoms with Crippen LogP contribution in [0.3, 0.4) is 0 Å². The molecule has 0 unspecified atom stereocenters. The Morgan fingerprint density at radius 2 is 1.80 bits per heavy atom. The fraction of sp³-hybridized carbons (Fsp3) is 0.259. The molecule has 1 aliphatic heterocycles. The van der Waals surface area contributed by atoms with E-state index in [0.717, 1.165) is 26.2 Å². The minimum Gasteiger partial charge on any atom is -0.382 e. The molecule has 0 atom stereocenters. The minimum absolute atomic E-state index is 0.203. The predicted octanol–water partition coefficient (Wildman–Crippen LogP) is 5.08. The number of rotatable bonds is 5. The third kappa shape index (κ3) is 5.76. The Kier molecular flexibility index (Phi) is 7.48. The number of carbonyl (C=O) groups is 1. The first-order valence-electron chi connectivity index (χ1n) is 12.5. The van der Waals surface area contributed by atoms with E-state index in [1.165, 1.54) is 6.33 Å². The summed E-state index contributed by atoms with van der Waals surface area (Å²) in [6.07, 6.45) is -3.35. The van der Waals surface area contributed by atoms with Crippen molar-refractivity contribution in [1.29, 1.82) is 0 Å². The monoisotopic (exact) mass is 567 g/mol. The Labute approximate surface area is 232 Å². The van der Waals surface area contributed by atoms with Crippen molar-refractivity contribution in [3.63, 3.8) is 0 Å². The molecule has 0 spiro atoms. The Hall–Kier alpha value is -4.74. The zero-order chi connectivity index (χ0) is 29.3. The molecule has 4 N–H and O–H groups in total. The Morgan fingerprint density at radius 1 is 1.10 bits per heavy atom. The molecule has 0 saturated carbocycles. The van der Waals surface area contributed by atoms with E-state index in [-0.39, 0.29) is 11.5 Å². The lowest BCUT2D eigenvalue weighted by atomic mass is 10.0. The van der Waals surface area contributed by atoms with E-state index < -0.39 is 29.3 Å². The molecule has 212 valence electrons. The van der Waals surface area contributed by atoms with Gasteiger partial charge in [0.2, 0.25) is 5.69 Å². The van der Waals surface area contributed by atoms with Crippen molar-refractivity contribution in [2.45, 2.75) is 12.7 Å². The lowest BCUT2D eigenvalue weighted by molar-refractivity contribution is -0.137. The zero-order valence-corrected chi connectivity index (χ0v) is 21.8. The van der Waals surface area contributed by atoms with E-state index in [4.69, 9.17) is 12.3 Å². The second kappa shape index (κ2) is 11.0. The SMILES string of the molecule is [C-]#[N+]c1c(-c2ccc(NC(=O)Nc3cc(C(F)(F)F)ccc3F)cc2)c2c(N)ncnn2c1CN1CCN(C)CC1. The number of fused-ring (bicyclic) bond motifs is 1. The number of nitrogens with one attached hydrogen (secondary N) is 2. The molecule has 5 rings (SSSR count). The maximum atomic E-state index is 14.0. The molecule has 1 fully saturated rings. The molecule has 2 aromatic heterocycles. The van der Waals surface area contributed by atoms with Gasteiger partial charge in [-0.2, -0.15) is 18.3 Å². The number of likely N-dealkylation sites (N-methyl/N-ethyl adjacent to an activating group) is 1. The molecule has 0 bridgehead atoms. The van der Waals surface area contributed by atoms with E-state index in [2.05, 4.69) is 42.4 Å². The molecule has 0 aliphatic carbocycles. The van der Waals surface area contributed by atoms with Crippen LogP contribution in [-0.4, -0.2) is 63.7 Å². The number of anilines is 3. The van der Waals surface area contributed by atoms with Crippen LogP contribution < -0.4 is 16.4 Å². The average Bonchev–Trinajstić information content (AvgIpc) is 3.25. The normalized spacial score (nSPS) is 14.6. The van der Waals surface area contributed by atoms with Gasteiger partial charge in [0.15, 0.2) is 5.82 Å². The summed E-state index contributed by atoms with van der Waals surface area (Å²) < 4.78 is 54.6. The lowest BCUT2D eigenvalue weighted by Crippen LogP contribution is -2.44. The number of aromatic nitrogens is 3. The highest BCUT2D eigenvalue weighted by atomic mass is 19.4. The highest BCUT2D eigenvalue weighted by Crippen LogP contribution is 2.42. The van der Waals surface area contributed by atoms with Crippen LogP contribution in [0.5, 0.6) is 0 Å². The van der Waals surface area contributed by atoms with Crippen LogP contribution >= 0.6 is 0 Å². The predicted molar refractivity (Wildman–Crippen MR) is 146 cm³/mol. The molecule has 4 aromatic rings. The quantitative estimate of drug-likeness (QED) is 0.229. The number of piperazine rings is 1. The molecule has 3 heterocycles. The van der Waals surface area contributed by atoms with Crippen molar-refractivity contribution in [2.24, 2.45) is 0 Å². The molecular formula is C27H25F4N9O. The second-order valence-electron chi connectivity index (χ2n) is 9.62. The third-order valence-corrected chi connectivity index (χ3v) is 6.88. The number of hydrogen-bond acceptors (Lipinski definition) is 6. The maximum absolute atomic E-state index is 14.0. The van der Waals surface area contributed by atoms with E-state index >= 15 is 0 Å². The van der Waals surface area contributed by atoms with Gasteiger partial charge in [0.05, 0.1) is 23.5 Å². The summed E-state index contributed by atoms with van der Waals surface area (Å²) >= 11 is 0. The van der Waals surface area contributed by atoms with Gasteiger partial charge in [-0.15, -0.1) is 0 Å². The number of hydrogen-bond donors (Lipinski definition) is 3. The van der Waals surface area contributed by atoms with Crippen LogP contribution in [-0.2, 0) is 12.7 Å². The van der Waals surface area contributed by atoms with Gasteiger partial charge < -0.3 is 21.3 Å². The Bertz CT molecular complexity index is 1640. The van der Waals surface area contributed by atoms with Gasteiger partial charge in [-0.1, -0.05) is 12.1 Å². The summed E-state index contributed by atoms with van der Waals surface area (Å²) in [6.45, 7) is 12.0. The summed E-state index contributed by atoms with van der Waals surface area (Å²) in [5.41, 5.74) is 7.55. The fourth-order valence-corrected chi connectivity index (χ4v) is 4.72. The van der Waals surface area contributed by atoms with Crippen LogP contribution in [0, 0.1) is 12.4 Å². The van der Waals surface area contributed by atoms with Crippen LogP contribution in [0.1, 0.15) is 11.3 Å². The van der Waals surface area contributed by atoms with Gasteiger partial charge in [-0.25, -0.2) is 23.5 Å². The fourth-order valence-electron chi connectivity index (χ4n) is 4.72. The number of carbonyl (C=O) groups excluding carboxylic acids is 1. The molecule has 2 amide bonds. The Morgan fingerprint density at radius 3 is 2.46 bits per heavy atom. The van der Waals surface area contributed by atoms with Gasteiger partial charge in [0, 0.05) is 44.0 Å². The first-order valence-corrected chi connectivity index (χ1v) is 12.5. The zero-order valence-electron chi connectivity index (χ0n) is 21.8. The molecule has 10 nitrogen and oxygen atoms in total. The number of nitrogen functional groups attached to an aromatic ring is 1. The van der Waals surface area contributed by atoms with Crippen molar-refractivity contribution in [3.05, 3.63) is 77.3 Å². The maximum Gasteiger partial charge on any atom is 0.416 e. The van der Waals surface area contributed by atoms with Gasteiger partial charge in [0.1, 0.15) is 17.7 Å². The highest BCUT2D eigenvalue weighted by molar-refractivity contribution is 6.01. The number of nitrogens with zero attached hydrogens (tertiary/aromatic N) is 6. The number of nitrogens with two attached hydrogens (primary N) is 1. The van der Waals surface area contributed by atoms with E-state index in [9.17, 15) is 22.4 Å². The lowest BCUT2D eigenvalue weighted by Gasteiger charge is -2.32. The summed E-state index contributed by atoms with van der Waals surface area (Å²) in [7, 11) is 2.06. The highest BCUT2D eigenvalue weighted by Gasteiger charge is 2.31. The van der Waals surface area contributed by atoms with Crippen molar-refractivity contribution in [1.82, 2.24) is 24.4 Å². The number of halogens is 4. The summed E-state index contributed by atoms with van der Waals surface area (Å²) in [5.74, 6) is -0.808. The van der Waals surface area contributed by atoms with E-state index in [0.29, 0.717) is 52.8 Å². The van der Waals surface area contributed by atoms with Gasteiger partial charge >= 0.3 is 12.2 Å². The molecular weight excluding hydrogens is 542 g/mol. The Balaban J connectivity index is 1.41. The minimum atomic E-state index is -4.69. The van der Waals surface area contributed by atoms with Gasteiger partial charge in [-0.05, 0) is 42.9 Å². The van der Waals surface area contributed by atoms with Crippen LogP contribution in [0.25, 0.3) is 21.5 Å². The molecule has 1 aliphatic rings. The second-order valence-corrected chi connectivity index (χ2v) is 9.62. The van der Waals surface area contributed by atoms with E-state index in [1.54, 1.807) is 28.8 Å². The van der Waals surface area contributed by atoms with Crippen molar-refractivity contribution in [2.75, 3.05) is 49.6 Å². The summed E-state index contributed by atoms with van der Waals surface area (Å²) in [5, 5.41) is 8.96. The number of alkyl halides is 3. The largest absolute Gasteiger partial charge is 0.416 e. The smallest absolute Gasteiger partial charge is 0.382 e. The van der Waals surface area contributed by atoms with Crippen LogP contribution in [0.2, 0.25) is 0 Å². The number of amides is 2. The van der Waals surface area contributed by atoms with Crippen LogP contribution in [0.4, 0.5) is 45.2 Å². The van der Waals surface area contributed by atoms with Crippen molar-refractivity contribution in [3.8, 4) is 11.1 Å².